The summed E-state index contributed by atoms with van der Waals surface area (Å²) in [6.07, 6.45) is 11.0. The lowest BCUT2D eigenvalue weighted by molar-refractivity contribution is 0.591. The number of hydrogen-bond donors (Lipinski definition) is 0. The maximum atomic E-state index is 2.32. The van der Waals surface area contributed by atoms with E-state index in [1.807, 2.05) is 0 Å². The van der Waals surface area contributed by atoms with E-state index in [4.69, 9.17) is 0 Å². The molecule has 76 valence electrons. The van der Waals surface area contributed by atoms with E-state index in [9.17, 15) is 0 Å². The van der Waals surface area contributed by atoms with E-state index >= 15 is 0 Å². The van der Waals surface area contributed by atoms with Gasteiger partial charge in [0, 0.05) is 0 Å². The Morgan fingerprint density at radius 2 is 0.857 bits per heavy atom. The van der Waals surface area contributed by atoms with Crippen molar-refractivity contribution in [3.63, 3.8) is 0 Å². The summed E-state index contributed by atoms with van der Waals surface area (Å²) >= 11 is 0. The fourth-order valence-electron chi connectivity index (χ4n) is 2.24. The van der Waals surface area contributed by atoms with E-state index in [1.54, 1.807) is 0 Å². The Kier molecular flexibility index (Phi) is 3.62. The minimum atomic E-state index is 1.28. The second kappa shape index (κ2) is 5.19. The number of fused-ring (bicyclic) bond motifs is 9. The van der Waals surface area contributed by atoms with Gasteiger partial charge in [0.15, 0.2) is 0 Å². The van der Waals surface area contributed by atoms with Gasteiger partial charge in [-0.1, -0.05) is 49.9 Å². The predicted octanol–water partition coefficient (Wildman–Crippen LogP) is 4.13. The molecule has 0 heterocycles. The molecule has 0 unspecified atom stereocenters. The number of hydrogen-bond acceptors (Lipinski definition) is 0. The maximum Gasteiger partial charge on any atom is -0.0279 e. The first kappa shape index (κ1) is 9.76. The normalized spacial score (nSPS) is 18.6. The quantitative estimate of drug-likeness (QED) is 0.574. The maximum absolute atomic E-state index is 2.32. The average Bonchev–Trinajstić information content (AvgIpc) is 2.20. The van der Waals surface area contributed by atoms with Gasteiger partial charge in [0.25, 0.3) is 0 Å². The molecule has 0 saturated carbocycles. The molecule has 1 aromatic rings. The van der Waals surface area contributed by atoms with Crippen LogP contribution in [0.2, 0.25) is 0 Å². The topological polar surface area (TPSA) is 0 Å². The molecule has 2 aliphatic carbocycles. The van der Waals surface area contributed by atoms with Crippen molar-refractivity contribution < 1.29 is 0 Å². The largest absolute Gasteiger partial charge is 0.0588 e. The van der Waals surface area contributed by atoms with Gasteiger partial charge in [-0.3, -0.25) is 0 Å². The number of rotatable bonds is 0. The third-order valence-corrected chi connectivity index (χ3v) is 3.20. The molecule has 0 N–H and O–H groups in total. The Bertz CT molecular complexity index is 229. The highest BCUT2D eigenvalue weighted by atomic mass is 14.0. The smallest absolute Gasteiger partial charge is 0.0279 e. The van der Waals surface area contributed by atoms with E-state index in [2.05, 4.69) is 24.3 Å². The van der Waals surface area contributed by atoms with E-state index in [-0.39, 0.29) is 0 Å². The van der Waals surface area contributed by atoms with Gasteiger partial charge in [-0.2, -0.15) is 0 Å². The molecular weight excluding hydrogens is 168 g/mol. The van der Waals surface area contributed by atoms with Crippen LogP contribution in [-0.2, 0) is 12.8 Å². The van der Waals surface area contributed by atoms with Gasteiger partial charge in [0.05, 0.1) is 0 Å². The average molecular weight is 188 g/mol. The highest BCUT2D eigenvalue weighted by Crippen LogP contribution is 2.15. The lowest BCUT2D eigenvalue weighted by Gasteiger charge is -2.07. The standard InChI is InChI=1S/C14H20/c1-2-4-6-8-14-11-9-13(10-12-14)7-5-3-1/h9-12H,1-8H2. The fraction of sp³-hybridized carbons (Fsp3) is 0.571. The van der Waals surface area contributed by atoms with Crippen molar-refractivity contribution in [2.75, 3.05) is 0 Å². The fourth-order valence-corrected chi connectivity index (χ4v) is 2.24. The van der Waals surface area contributed by atoms with Crippen molar-refractivity contribution in [2.45, 2.75) is 51.4 Å². The van der Waals surface area contributed by atoms with Crippen LogP contribution in [0.3, 0.4) is 0 Å². The summed E-state index contributed by atoms with van der Waals surface area (Å²) in [5.74, 6) is 0. The van der Waals surface area contributed by atoms with Crippen LogP contribution in [0, 0.1) is 0 Å². The molecule has 0 aliphatic heterocycles. The molecule has 0 aromatic heterocycles. The van der Waals surface area contributed by atoms with Gasteiger partial charge in [0.1, 0.15) is 0 Å². The Labute approximate surface area is 87.3 Å². The predicted molar refractivity (Wildman–Crippen MR) is 61.6 cm³/mol. The molecular formula is C14H20. The second-order valence-corrected chi connectivity index (χ2v) is 4.44. The summed E-state index contributed by atoms with van der Waals surface area (Å²) in [4.78, 5) is 0. The minimum absolute atomic E-state index is 1.28. The van der Waals surface area contributed by atoms with Crippen molar-refractivity contribution in [1.29, 1.82) is 0 Å². The zero-order valence-corrected chi connectivity index (χ0v) is 8.97. The molecule has 2 aliphatic rings. The number of benzene rings is 1. The van der Waals surface area contributed by atoms with Crippen LogP contribution in [0.4, 0.5) is 0 Å². The summed E-state index contributed by atoms with van der Waals surface area (Å²) < 4.78 is 0. The molecule has 0 spiro atoms. The lowest BCUT2D eigenvalue weighted by Crippen LogP contribution is -1.92. The molecule has 1 aromatic carbocycles. The summed E-state index contributed by atoms with van der Waals surface area (Å²) in [5, 5.41) is 0. The molecule has 14 heavy (non-hydrogen) atoms. The zero-order chi connectivity index (χ0) is 9.64. The SMILES string of the molecule is c1cc2ccc1CCCCCCCC2. The van der Waals surface area contributed by atoms with Crippen molar-refractivity contribution in [1.82, 2.24) is 0 Å². The second-order valence-electron chi connectivity index (χ2n) is 4.44. The third kappa shape index (κ3) is 2.87. The van der Waals surface area contributed by atoms with E-state index in [0.29, 0.717) is 0 Å². The van der Waals surface area contributed by atoms with Crippen LogP contribution in [0.1, 0.15) is 49.7 Å². The highest BCUT2D eigenvalue weighted by Gasteiger charge is 1.99. The first-order chi connectivity index (χ1) is 6.95. The highest BCUT2D eigenvalue weighted by molar-refractivity contribution is 5.22. The minimum Gasteiger partial charge on any atom is -0.0588 e. The van der Waals surface area contributed by atoms with Gasteiger partial charge in [-0.25, -0.2) is 0 Å². The van der Waals surface area contributed by atoms with Crippen molar-refractivity contribution >= 4 is 0 Å². The molecule has 0 nitrogen and oxygen atoms in total. The molecule has 0 atom stereocenters. The third-order valence-electron chi connectivity index (χ3n) is 3.20. The van der Waals surface area contributed by atoms with Crippen LogP contribution in [0.25, 0.3) is 0 Å². The van der Waals surface area contributed by atoms with Gasteiger partial charge in [-0.15, -0.1) is 0 Å². The van der Waals surface area contributed by atoms with Crippen LogP contribution in [0.15, 0.2) is 24.3 Å². The van der Waals surface area contributed by atoms with Crippen molar-refractivity contribution in [3.8, 4) is 0 Å². The summed E-state index contributed by atoms with van der Waals surface area (Å²) in [5.41, 5.74) is 3.05. The first-order valence-electron chi connectivity index (χ1n) is 6.03. The molecule has 0 saturated heterocycles. The van der Waals surface area contributed by atoms with Gasteiger partial charge >= 0.3 is 0 Å². The zero-order valence-electron chi connectivity index (χ0n) is 8.97. The monoisotopic (exact) mass is 188 g/mol. The molecule has 2 bridgehead atoms. The molecule has 0 heteroatoms. The first-order valence-corrected chi connectivity index (χ1v) is 6.03. The lowest BCUT2D eigenvalue weighted by atomic mass is 9.99. The Balaban J connectivity index is 2.04. The Hall–Kier alpha value is -0.780. The van der Waals surface area contributed by atoms with Gasteiger partial charge in [0.2, 0.25) is 0 Å². The summed E-state index contributed by atoms with van der Waals surface area (Å²) in [6.45, 7) is 0. The summed E-state index contributed by atoms with van der Waals surface area (Å²) in [6, 6.07) is 9.27. The van der Waals surface area contributed by atoms with Gasteiger partial charge in [-0.05, 0) is 36.8 Å². The van der Waals surface area contributed by atoms with Gasteiger partial charge < -0.3 is 0 Å². The molecule has 0 amide bonds. The van der Waals surface area contributed by atoms with Crippen LogP contribution in [-0.4, -0.2) is 0 Å². The van der Waals surface area contributed by atoms with E-state index in [1.165, 1.54) is 62.5 Å². The molecule has 0 radical (unpaired) electrons. The van der Waals surface area contributed by atoms with Crippen molar-refractivity contribution in [2.24, 2.45) is 0 Å². The van der Waals surface area contributed by atoms with Crippen LogP contribution in [0.5, 0.6) is 0 Å². The Morgan fingerprint density at radius 3 is 1.29 bits per heavy atom. The molecule has 0 fully saturated rings. The number of aryl methyl sites for hydroxylation is 2. The van der Waals surface area contributed by atoms with Crippen LogP contribution >= 0.6 is 0 Å². The van der Waals surface area contributed by atoms with E-state index in [0.717, 1.165) is 0 Å². The van der Waals surface area contributed by atoms with E-state index < -0.39 is 0 Å². The Morgan fingerprint density at radius 1 is 0.500 bits per heavy atom. The van der Waals surface area contributed by atoms with Crippen LogP contribution < -0.4 is 0 Å². The van der Waals surface area contributed by atoms with Crippen molar-refractivity contribution in [3.05, 3.63) is 35.4 Å². The summed E-state index contributed by atoms with van der Waals surface area (Å²) in [7, 11) is 0. The molecule has 3 rings (SSSR count).